The summed E-state index contributed by atoms with van der Waals surface area (Å²) in [6, 6.07) is 74.0. The van der Waals surface area contributed by atoms with Crippen LogP contribution in [0, 0.1) is 0 Å². The van der Waals surface area contributed by atoms with E-state index < -0.39 is 0 Å². The maximum Gasteiger partial charge on any atom is 0.136 e. The highest BCUT2D eigenvalue weighted by molar-refractivity contribution is 6.12. The Kier molecular flexibility index (Phi) is 7.17. The van der Waals surface area contributed by atoms with Gasteiger partial charge in [-0.15, -0.1) is 0 Å². The van der Waals surface area contributed by atoms with Crippen molar-refractivity contribution < 1.29 is 4.42 Å². The highest BCUT2D eigenvalue weighted by atomic mass is 16.3. The fourth-order valence-electron chi connectivity index (χ4n) is 8.37. The van der Waals surface area contributed by atoms with Crippen molar-refractivity contribution in [3.63, 3.8) is 0 Å². The molecule has 2 heterocycles. The third kappa shape index (κ3) is 5.20. The van der Waals surface area contributed by atoms with Crippen LogP contribution in [0.25, 0.3) is 82.5 Å². The van der Waals surface area contributed by atoms with E-state index in [-0.39, 0.29) is 0 Å². The van der Waals surface area contributed by atoms with Crippen LogP contribution < -0.4 is 4.90 Å². The number of nitrogens with zero attached hydrogens (tertiary/aromatic N) is 2. The number of furan rings is 1. The highest BCUT2D eigenvalue weighted by Gasteiger charge is 2.17. The van der Waals surface area contributed by atoms with Crippen LogP contribution in [0.4, 0.5) is 17.1 Å². The van der Waals surface area contributed by atoms with Crippen LogP contribution in [0.2, 0.25) is 0 Å². The van der Waals surface area contributed by atoms with Gasteiger partial charge in [0.15, 0.2) is 0 Å². The average molecular weight is 703 g/mol. The van der Waals surface area contributed by atoms with E-state index in [9.17, 15) is 0 Å². The quantitative estimate of drug-likeness (QED) is 0.172. The zero-order valence-electron chi connectivity index (χ0n) is 29.9. The van der Waals surface area contributed by atoms with E-state index in [1.54, 1.807) is 0 Å². The van der Waals surface area contributed by atoms with Gasteiger partial charge in [0.1, 0.15) is 11.2 Å². The lowest BCUT2D eigenvalue weighted by Crippen LogP contribution is -2.10. The summed E-state index contributed by atoms with van der Waals surface area (Å²) < 4.78 is 8.54. The fraction of sp³-hybridized carbons (Fsp3) is 0. The van der Waals surface area contributed by atoms with Crippen LogP contribution in [-0.2, 0) is 0 Å². The minimum Gasteiger partial charge on any atom is -0.456 e. The molecule has 11 aromatic rings. The van der Waals surface area contributed by atoms with E-state index in [0.717, 1.165) is 44.7 Å². The summed E-state index contributed by atoms with van der Waals surface area (Å²) in [4.78, 5) is 2.35. The van der Waals surface area contributed by atoms with Crippen LogP contribution in [0.15, 0.2) is 211 Å². The summed E-state index contributed by atoms with van der Waals surface area (Å²) >= 11 is 0. The van der Waals surface area contributed by atoms with E-state index in [0.29, 0.717) is 0 Å². The Bertz CT molecular complexity index is 3130. The first kappa shape index (κ1) is 31.2. The van der Waals surface area contributed by atoms with Gasteiger partial charge in [-0.05, 0) is 106 Å². The van der Waals surface area contributed by atoms with Crippen molar-refractivity contribution in [1.82, 2.24) is 4.57 Å². The van der Waals surface area contributed by atoms with Crippen molar-refractivity contribution in [2.24, 2.45) is 0 Å². The smallest absolute Gasteiger partial charge is 0.136 e. The van der Waals surface area contributed by atoms with Gasteiger partial charge in [0, 0.05) is 44.3 Å². The number of anilines is 3. The second-order valence-electron chi connectivity index (χ2n) is 14.2. The topological polar surface area (TPSA) is 21.3 Å². The minimum absolute atomic E-state index is 0.913. The second kappa shape index (κ2) is 12.6. The fourth-order valence-corrected chi connectivity index (χ4v) is 8.37. The van der Waals surface area contributed by atoms with Crippen LogP contribution in [0.3, 0.4) is 0 Å². The molecule has 2 aromatic heterocycles. The molecular weight excluding hydrogens is 669 g/mol. The maximum absolute atomic E-state index is 6.17. The van der Waals surface area contributed by atoms with E-state index >= 15 is 0 Å². The summed E-state index contributed by atoms with van der Waals surface area (Å²) in [7, 11) is 0. The lowest BCUT2D eigenvalue weighted by atomic mass is 9.97. The molecule has 0 amide bonds. The molecule has 258 valence electrons. The molecule has 0 bridgehead atoms. The number of fused-ring (bicyclic) bond motifs is 7. The van der Waals surface area contributed by atoms with Crippen LogP contribution in [0.5, 0.6) is 0 Å². The second-order valence-corrected chi connectivity index (χ2v) is 14.2. The van der Waals surface area contributed by atoms with Gasteiger partial charge >= 0.3 is 0 Å². The van der Waals surface area contributed by atoms with Gasteiger partial charge in [0.2, 0.25) is 0 Å². The molecule has 3 heteroatoms. The highest BCUT2D eigenvalue weighted by Crippen LogP contribution is 2.40. The molecule has 55 heavy (non-hydrogen) atoms. The molecule has 0 saturated heterocycles. The molecule has 0 fully saturated rings. The maximum atomic E-state index is 6.17. The molecule has 3 nitrogen and oxygen atoms in total. The summed E-state index contributed by atoms with van der Waals surface area (Å²) in [5, 5.41) is 7.26. The normalized spacial score (nSPS) is 11.6. The molecule has 0 atom stereocenters. The van der Waals surface area contributed by atoms with Gasteiger partial charge < -0.3 is 13.9 Å². The third-order valence-electron chi connectivity index (χ3n) is 11.0. The molecule has 0 saturated carbocycles. The number of benzene rings is 9. The molecule has 0 unspecified atom stereocenters. The number of hydrogen-bond donors (Lipinski definition) is 0. The van der Waals surface area contributed by atoms with Crippen LogP contribution in [0.1, 0.15) is 0 Å². The van der Waals surface area contributed by atoms with Gasteiger partial charge in [-0.1, -0.05) is 133 Å². The monoisotopic (exact) mass is 702 g/mol. The van der Waals surface area contributed by atoms with Crippen LogP contribution in [-0.4, -0.2) is 4.57 Å². The molecule has 0 radical (unpaired) electrons. The summed E-state index contributed by atoms with van der Waals surface area (Å²) in [5.74, 6) is 0. The third-order valence-corrected chi connectivity index (χ3v) is 11.0. The first-order valence-corrected chi connectivity index (χ1v) is 18.8. The number of para-hydroxylation sites is 3. The van der Waals surface area contributed by atoms with E-state index in [1.165, 1.54) is 54.8 Å². The Labute approximate surface area is 318 Å². The van der Waals surface area contributed by atoms with Gasteiger partial charge in [-0.3, -0.25) is 0 Å². The van der Waals surface area contributed by atoms with E-state index in [1.807, 2.05) is 12.1 Å². The van der Waals surface area contributed by atoms with Crippen molar-refractivity contribution in [3.05, 3.63) is 206 Å². The zero-order chi connectivity index (χ0) is 36.3. The Morgan fingerprint density at radius 3 is 1.60 bits per heavy atom. The van der Waals surface area contributed by atoms with Gasteiger partial charge in [0.25, 0.3) is 0 Å². The average Bonchev–Trinajstić information content (AvgIpc) is 3.81. The molecule has 0 N–H and O–H groups in total. The lowest BCUT2D eigenvalue weighted by molar-refractivity contribution is 0.669. The Morgan fingerprint density at radius 2 is 0.891 bits per heavy atom. The largest absolute Gasteiger partial charge is 0.456 e. The molecule has 0 aliphatic carbocycles. The first-order valence-electron chi connectivity index (χ1n) is 18.8. The Morgan fingerprint density at radius 1 is 0.364 bits per heavy atom. The summed E-state index contributed by atoms with van der Waals surface area (Å²) in [6.45, 7) is 0. The zero-order valence-corrected chi connectivity index (χ0v) is 29.9. The summed E-state index contributed by atoms with van der Waals surface area (Å²) in [6.07, 6.45) is 0. The number of aromatic nitrogens is 1. The Balaban J connectivity index is 0.963. The van der Waals surface area contributed by atoms with Crippen molar-refractivity contribution in [1.29, 1.82) is 0 Å². The molecule has 0 aliphatic rings. The first-order chi connectivity index (χ1) is 27.3. The summed E-state index contributed by atoms with van der Waals surface area (Å²) in [5.41, 5.74) is 13.4. The van der Waals surface area contributed by atoms with E-state index in [2.05, 4.69) is 204 Å². The Hall–Kier alpha value is -7.36. The molecular formula is C52H34N2O. The molecule has 0 spiro atoms. The number of rotatable bonds is 6. The SMILES string of the molecule is c1ccc2cc(N(c3ccc(-c4ccc(-c5cccc6oc7ccccc7c56)cc4)cc3)c3ccc(-n4c5ccccc5c5ccccc54)cc3)ccc2c1. The predicted octanol–water partition coefficient (Wildman–Crippen LogP) is 14.6. The predicted molar refractivity (Wildman–Crippen MR) is 231 cm³/mol. The van der Waals surface area contributed by atoms with Gasteiger partial charge in [0.05, 0.1) is 11.0 Å². The van der Waals surface area contributed by atoms with Crippen molar-refractivity contribution in [2.45, 2.75) is 0 Å². The van der Waals surface area contributed by atoms with Crippen LogP contribution >= 0.6 is 0 Å². The van der Waals surface area contributed by atoms with Crippen molar-refractivity contribution in [2.75, 3.05) is 4.90 Å². The van der Waals surface area contributed by atoms with E-state index in [4.69, 9.17) is 4.42 Å². The molecule has 11 rings (SSSR count). The molecule has 0 aliphatic heterocycles. The minimum atomic E-state index is 0.913. The van der Waals surface area contributed by atoms with Gasteiger partial charge in [-0.2, -0.15) is 0 Å². The lowest BCUT2D eigenvalue weighted by Gasteiger charge is -2.26. The number of hydrogen-bond acceptors (Lipinski definition) is 2. The van der Waals surface area contributed by atoms with Gasteiger partial charge in [-0.25, -0.2) is 0 Å². The van der Waals surface area contributed by atoms with Crippen molar-refractivity contribution in [3.8, 4) is 27.9 Å². The molecule has 9 aromatic carbocycles. The van der Waals surface area contributed by atoms with Crippen molar-refractivity contribution >= 4 is 71.6 Å². The standard InChI is InChI=1S/C52H34N2O/c1-2-11-39-34-43(29-26-35(39)10-1)53(41-30-32-42(33-31-41)54-48-16-6-3-12-45(48)46-13-4-7-17-49(46)54)40-27-24-37(25-28-40)36-20-22-38(23-21-36)44-15-9-19-51-52(44)47-14-5-8-18-50(47)55-51/h1-34H.